The Labute approximate surface area is 103 Å². The molecule has 0 radical (unpaired) electrons. The zero-order valence-corrected chi connectivity index (χ0v) is 10.9. The summed E-state index contributed by atoms with van der Waals surface area (Å²) in [6.45, 7) is 7.49. The average Bonchev–Trinajstić information content (AvgIpc) is 2.57. The molecule has 6 heteroatoms. The SMILES string of the molecule is CC.Cc1cc(Cl)n2nc(C(F)F)nc(C)c12. The first-order valence-corrected chi connectivity index (χ1v) is 5.69. The van der Waals surface area contributed by atoms with Crippen LogP contribution in [-0.2, 0) is 0 Å². The van der Waals surface area contributed by atoms with Gasteiger partial charge in [0.05, 0.1) is 11.2 Å². The maximum Gasteiger partial charge on any atom is 0.299 e. The van der Waals surface area contributed by atoms with Crippen LogP contribution in [0.15, 0.2) is 6.07 Å². The molecule has 0 spiro atoms. The smallest absolute Gasteiger partial charge is 0.229 e. The van der Waals surface area contributed by atoms with Crippen molar-refractivity contribution in [3.63, 3.8) is 0 Å². The zero-order valence-electron chi connectivity index (χ0n) is 10.1. The molecule has 3 nitrogen and oxygen atoms in total. The van der Waals surface area contributed by atoms with Gasteiger partial charge in [0.25, 0.3) is 6.43 Å². The Morgan fingerprint density at radius 3 is 2.41 bits per heavy atom. The summed E-state index contributed by atoms with van der Waals surface area (Å²) in [5.74, 6) is -0.502. The minimum atomic E-state index is -2.69. The van der Waals surface area contributed by atoms with E-state index in [0.29, 0.717) is 16.4 Å². The third kappa shape index (κ3) is 2.54. The standard InChI is InChI=1S/C9H8ClF2N3.C2H6/c1-4-3-6(10)15-7(4)5(2)13-9(14-15)8(11)12;1-2/h3,8H,1-2H3;1-2H3. The van der Waals surface area contributed by atoms with Gasteiger partial charge in [0.15, 0.2) is 0 Å². The molecule has 17 heavy (non-hydrogen) atoms. The number of alkyl halides is 2. The monoisotopic (exact) mass is 261 g/mol. The fourth-order valence-electron chi connectivity index (χ4n) is 1.56. The van der Waals surface area contributed by atoms with Crippen LogP contribution in [0.3, 0.4) is 0 Å². The fraction of sp³-hybridized carbons (Fsp3) is 0.455. The van der Waals surface area contributed by atoms with E-state index in [9.17, 15) is 8.78 Å². The first-order chi connectivity index (χ1) is 8.00. The van der Waals surface area contributed by atoms with E-state index in [0.717, 1.165) is 5.56 Å². The van der Waals surface area contributed by atoms with Crippen molar-refractivity contribution in [3.8, 4) is 0 Å². The van der Waals surface area contributed by atoms with Crippen molar-refractivity contribution < 1.29 is 8.78 Å². The highest BCUT2D eigenvalue weighted by Gasteiger charge is 2.16. The maximum absolute atomic E-state index is 12.4. The number of nitrogens with zero attached hydrogens (tertiary/aromatic N) is 3. The lowest BCUT2D eigenvalue weighted by Crippen LogP contribution is -2.04. The molecule has 0 bridgehead atoms. The van der Waals surface area contributed by atoms with Gasteiger partial charge in [-0.2, -0.15) is 0 Å². The van der Waals surface area contributed by atoms with Gasteiger partial charge in [-0.05, 0) is 25.5 Å². The molecule has 2 heterocycles. The number of fused-ring (bicyclic) bond motifs is 1. The van der Waals surface area contributed by atoms with E-state index in [4.69, 9.17) is 11.6 Å². The van der Waals surface area contributed by atoms with Gasteiger partial charge in [-0.3, -0.25) is 0 Å². The molecule has 2 aromatic rings. The van der Waals surface area contributed by atoms with Crippen LogP contribution in [0.25, 0.3) is 5.52 Å². The van der Waals surface area contributed by atoms with Crippen molar-refractivity contribution >= 4 is 17.1 Å². The molecule has 0 aliphatic heterocycles. The van der Waals surface area contributed by atoms with Crippen molar-refractivity contribution in [1.82, 2.24) is 14.6 Å². The van der Waals surface area contributed by atoms with Crippen molar-refractivity contribution in [2.45, 2.75) is 34.1 Å². The summed E-state index contributed by atoms with van der Waals surface area (Å²) in [6.07, 6.45) is -2.69. The summed E-state index contributed by atoms with van der Waals surface area (Å²) >= 11 is 5.85. The van der Waals surface area contributed by atoms with E-state index in [-0.39, 0.29) is 0 Å². The van der Waals surface area contributed by atoms with Crippen molar-refractivity contribution in [3.05, 3.63) is 28.3 Å². The quantitative estimate of drug-likeness (QED) is 0.778. The van der Waals surface area contributed by atoms with Gasteiger partial charge in [-0.15, -0.1) is 5.10 Å². The van der Waals surface area contributed by atoms with Crippen LogP contribution in [0.4, 0.5) is 8.78 Å². The average molecular weight is 262 g/mol. The zero-order chi connectivity index (χ0) is 13.2. The second-order valence-electron chi connectivity index (χ2n) is 3.27. The normalized spacial score (nSPS) is 10.6. The number of hydrogen-bond acceptors (Lipinski definition) is 2. The largest absolute Gasteiger partial charge is 0.299 e. The molecule has 0 aromatic carbocycles. The molecule has 0 saturated carbocycles. The van der Waals surface area contributed by atoms with Gasteiger partial charge >= 0.3 is 0 Å². The maximum atomic E-state index is 12.4. The molecule has 0 amide bonds. The van der Waals surface area contributed by atoms with Crippen molar-refractivity contribution in [2.24, 2.45) is 0 Å². The third-order valence-electron chi connectivity index (χ3n) is 2.15. The first kappa shape index (κ1) is 13.8. The lowest BCUT2D eigenvalue weighted by molar-refractivity contribution is 0.138. The van der Waals surface area contributed by atoms with E-state index in [1.807, 2.05) is 20.8 Å². The molecule has 0 unspecified atom stereocenters. The summed E-state index contributed by atoms with van der Waals surface area (Å²) in [4.78, 5) is 3.73. The lowest BCUT2D eigenvalue weighted by Gasteiger charge is -2.04. The fourth-order valence-corrected chi connectivity index (χ4v) is 1.85. The molecule has 2 aromatic heterocycles. The van der Waals surface area contributed by atoms with E-state index in [1.165, 1.54) is 4.52 Å². The Bertz CT molecular complexity index is 523. The molecular formula is C11H14ClF2N3. The summed E-state index contributed by atoms with van der Waals surface area (Å²) in [5.41, 5.74) is 2.06. The van der Waals surface area contributed by atoms with Crippen LogP contribution in [0, 0.1) is 13.8 Å². The number of aryl methyl sites for hydroxylation is 2. The van der Waals surface area contributed by atoms with Gasteiger partial charge in [-0.1, -0.05) is 25.4 Å². The van der Waals surface area contributed by atoms with Gasteiger partial charge in [0, 0.05) is 0 Å². The summed E-state index contributed by atoms with van der Waals surface area (Å²) < 4.78 is 26.2. The topological polar surface area (TPSA) is 30.2 Å². The Balaban J connectivity index is 0.000000686. The molecule has 0 saturated heterocycles. The second-order valence-corrected chi connectivity index (χ2v) is 3.65. The highest BCUT2D eigenvalue weighted by Crippen LogP contribution is 2.23. The Hall–Kier alpha value is -1.23. The predicted molar refractivity (Wildman–Crippen MR) is 63.8 cm³/mol. The molecule has 0 fully saturated rings. The number of aromatic nitrogens is 3. The number of halogens is 3. The Morgan fingerprint density at radius 2 is 1.88 bits per heavy atom. The van der Waals surface area contributed by atoms with E-state index < -0.39 is 12.2 Å². The summed E-state index contributed by atoms with van der Waals surface area (Å²) in [7, 11) is 0. The van der Waals surface area contributed by atoms with Crippen molar-refractivity contribution in [1.29, 1.82) is 0 Å². The van der Waals surface area contributed by atoms with Crippen LogP contribution >= 0.6 is 11.6 Å². The summed E-state index contributed by atoms with van der Waals surface area (Å²) in [6, 6.07) is 1.67. The van der Waals surface area contributed by atoms with Crippen LogP contribution in [-0.4, -0.2) is 14.6 Å². The van der Waals surface area contributed by atoms with Gasteiger partial charge < -0.3 is 0 Å². The molecule has 2 rings (SSSR count). The Kier molecular flexibility index (Phi) is 4.40. The highest BCUT2D eigenvalue weighted by molar-refractivity contribution is 6.30. The minimum absolute atomic E-state index is 0.315. The van der Waals surface area contributed by atoms with Crippen LogP contribution in [0.5, 0.6) is 0 Å². The predicted octanol–water partition coefficient (Wildman–Crippen LogP) is 3.96. The van der Waals surface area contributed by atoms with Gasteiger partial charge in [-0.25, -0.2) is 18.3 Å². The first-order valence-electron chi connectivity index (χ1n) is 5.31. The van der Waals surface area contributed by atoms with Crippen molar-refractivity contribution in [2.75, 3.05) is 0 Å². The molecule has 0 N–H and O–H groups in total. The molecule has 0 aliphatic carbocycles. The van der Waals surface area contributed by atoms with E-state index >= 15 is 0 Å². The number of rotatable bonds is 1. The van der Waals surface area contributed by atoms with Crippen LogP contribution in [0.2, 0.25) is 5.15 Å². The molecule has 94 valence electrons. The number of hydrogen-bond donors (Lipinski definition) is 0. The van der Waals surface area contributed by atoms with Crippen LogP contribution in [0.1, 0.15) is 37.4 Å². The molecule has 0 aliphatic rings. The Morgan fingerprint density at radius 1 is 1.29 bits per heavy atom. The summed E-state index contributed by atoms with van der Waals surface area (Å²) in [5, 5.41) is 3.99. The lowest BCUT2D eigenvalue weighted by atomic mass is 10.3. The molecule has 0 atom stereocenters. The highest BCUT2D eigenvalue weighted by atomic mass is 35.5. The third-order valence-corrected chi connectivity index (χ3v) is 2.42. The minimum Gasteiger partial charge on any atom is -0.229 e. The van der Waals surface area contributed by atoms with Gasteiger partial charge in [0.1, 0.15) is 5.15 Å². The van der Waals surface area contributed by atoms with E-state index in [2.05, 4.69) is 10.1 Å². The second kappa shape index (κ2) is 5.40. The van der Waals surface area contributed by atoms with Gasteiger partial charge in [0.2, 0.25) is 5.82 Å². The van der Waals surface area contributed by atoms with E-state index in [1.54, 1.807) is 13.0 Å². The molecular weight excluding hydrogens is 248 g/mol. The van der Waals surface area contributed by atoms with Crippen LogP contribution < -0.4 is 0 Å².